The number of hydrogen-bond donors (Lipinski definition) is 0. The highest BCUT2D eigenvalue weighted by molar-refractivity contribution is 6.18. The van der Waals surface area contributed by atoms with Gasteiger partial charge >= 0.3 is 0 Å². The first kappa shape index (κ1) is 13.2. The lowest BCUT2D eigenvalue weighted by Crippen LogP contribution is -2.34. The fourth-order valence-electron chi connectivity index (χ4n) is 2.75. The molecule has 0 fully saturated rings. The third-order valence-electron chi connectivity index (χ3n) is 3.52. The fourth-order valence-corrected chi connectivity index (χ4v) is 3.18. The summed E-state index contributed by atoms with van der Waals surface area (Å²) in [6.07, 6.45) is 3.70. The van der Waals surface area contributed by atoms with Crippen LogP contribution in [0.2, 0.25) is 0 Å². The van der Waals surface area contributed by atoms with Gasteiger partial charge in [0.25, 0.3) is 0 Å². The van der Waals surface area contributed by atoms with E-state index in [4.69, 9.17) is 23.2 Å². The zero-order valence-electron chi connectivity index (χ0n) is 10.0. The average molecular weight is 272 g/mol. The lowest BCUT2D eigenvalue weighted by atomic mass is 9.87. The van der Waals surface area contributed by atoms with Crippen LogP contribution in [0.4, 0.5) is 0 Å². The van der Waals surface area contributed by atoms with E-state index in [9.17, 15) is 0 Å². The van der Waals surface area contributed by atoms with Crippen LogP contribution in [0.5, 0.6) is 0 Å². The molecule has 1 aliphatic rings. The van der Waals surface area contributed by atoms with Gasteiger partial charge in [-0.1, -0.05) is 24.3 Å². The summed E-state index contributed by atoms with van der Waals surface area (Å²) in [7, 11) is 0. The summed E-state index contributed by atoms with van der Waals surface area (Å²) in [5.74, 6) is 1.35. The van der Waals surface area contributed by atoms with E-state index in [0.29, 0.717) is 17.8 Å². The Labute approximate surface area is 114 Å². The smallest absolute Gasteiger partial charge is 0.0351 e. The highest BCUT2D eigenvalue weighted by Gasteiger charge is 2.24. The Morgan fingerprint density at radius 1 is 1.12 bits per heavy atom. The zero-order valence-corrected chi connectivity index (χ0v) is 11.6. The number of halogens is 2. The second-order valence-corrected chi connectivity index (χ2v) is 5.28. The van der Waals surface area contributed by atoms with E-state index in [2.05, 4.69) is 29.2 Å². The molecule has 1 atom stereocenters. The number of alkyl halides is 2. The minimum Gasteiger partial charge on any atom is -0.294 e. The summed E-state index contributed by atoms with van der Waals surface area (Å²) in [6.45, 7) is 1.85. The molecule has 0 heterocycles. The molecule has 94 valence electrons. The molecular weight excluding hydrogens is 253 g/mol. The van der Waals surface area contributed by atoms with Crippen LogP contribution in [0.25, 0.3) is 0 Å². The maximum absolute atomic E-state index is 5.89. The summed E-state index contributed by atoms with van der Waals surface area (Å²) in [5.41, 5.74) is 2.98. The summed E-state index contributed by atoms with van der Waals surface area (Å²) in [5, 5.41) is 0. The highest BCUT2D eigenvalue weighted by Crippen LogP contribution is 2.33. The van der Waals surface area contributed by atoms with Crippen LogP contribution >= 0.6 is 23.2 Å². The number of aryl methyl sites for hydroxylation is 1. The fraction of sp³-hybridized carbons (Fsp3) is 0.571. The molecule has 1 aromatic rings. The van der Waals surface area contributed by atoms with Crippen molar-refractivity contribution in [2.45, 2.75) is 25.3 Å². The molecule has 0 N–H and O–H groups in total. The van der Waals surface area contributed by atoms with Gasteiger partial charge in [-0.2, -0.15) is 0 Å². The van der Waals surface area contributed by atoms with Crippen molar-refractivity contribution in [1.82, 2.24) is 4.90 Å². The molecule has 1 aromatic carbocycles. The Morgan fingerprint density at radius 3 is 2.53 bits per heavy atom. The van der Waals surface area contributed by atoms with Crippen molar-refractivity contribution in [2.24, 2.45) is 0 Å². The first-order valence-corrected chi connectivity index (χ1v) is 7.37. The zero-order chi connectivity index (χ0) is 12.1. The second-order valence-electron chi connectivity index (χ2n) is 4.52. The van der Waals surface area contributed by atoms with E-state index < -0.39 is 0 Å². The second kappa shape index (κ2) is 6.63. The Morgan fingerprint density at radius 2 is 1.82 bits per heavy atom. The van der Waals surface area contributed by atoms with E-state index >= 15 is 0 Å². The SMILES string of the molecule is ClCCN(CCCl)[C@H]1CCCc2ccccc21. The van der Waals surface area contributed by atoms with Crippen molar-refractivity contribution in [2.75, 3.05) is 24.8 Å². The number of hydrogen-bond acceptors (Lipinski definition) is 1. The Hall–Kier alpha value is -0.240. The molecule has 0 spiro atoms. The maximum atomic E-state index is 5.89. The summed E-state index contributed by atoms with van der Waals surface area (Å²) < 4.78 is 0. The number of fused-ring (bicyclic) bond motifs is 1. The van der Waals surface area contributed by atoms with Gasteiger partial charge < -0.3 is 0 Å². The quantitative estimate of drug-likeness (QED) is 0.736. The standard InChI is InChI=1S/C14H19Cl2N/c15-8-10-17(11-9-16)14-7-3-5-12-4-1-2-6-13(12)14/h1-2,4,6,14H,3,5,7-11H2/t14-/m0/s1. The molecule has 1 aliphatic carbocycles. The Balaban J connectivity index is 2.20. The predicted molar refractivity (Wildman–Crippen MR) is 75.1 cm³/mol. The van der Waals surface area contributed by atoms with Gasteiger partial charge in [-0.3, -0.25) is 4.90 Å². The normalized spacial score (nSPS) is 19.4. The number of nitrogens with zero attached hydrogens (tertiary/aromatic N) is 1. The van der Waals surface area contributed by atoms with Crippen LogP contribution in [-0.4, -0.2) is 29.7 Å². The molecule has 0 saturated carbocycles. The van der Waals surface area contributed by atoms with E-state index in [1.165, 1.54) is 30.4 Å². The van der Waals surface area contributed by atoms with Crippen LogP contribution in [-0.2, 0) is 6.42 Å². The van der Waals surface area contributed by atoms with Crippen molar-refractivity contribution in [3.8, 4) is 0 Å². The minimum absolute atomic E-state index is 0.512. The number of benzene rings is 1. The molecule has 0 bridgehead atoms. The van der Waals surface area contributed by atoms with Crippen LogP contribution < -0.4 is 0 Å². The highest BCUT2D eigenvalue weighted by atomic mass is 35.5. The molecule has 0 aliphatic heterocycles. The van der Waals surface area contributed by atoms with E-state index in [1.54, 1.807) is 0 Å². The summed E-state index contributed by atoms with van der Waals surface area (Å²) in [6, 6.07) is 9.29. The third kappa shape index (κ3) is 3.15. The van der Waals surface area contributed by atoms with E-state index in [1.807, 2.05) is 0 Å². The van der Waals surface area contributed by atoms with Crippen LogP contribution in [0.15, 0.2) is 24.3 Å². The summed E-state index contributed by atoms with van der Waals surface area (Å²) >= 11 is 11.8. The number of rotatable bonds is 5. The first-order valence-electron chi connectivity index (χ1n) is 6.30. The molecular formula is C14H19Cl2N. The average Bonchev–Trinajstić information content (AvgIpc) is 2.38. The van der Waals surface area contributed by atoms with Crippen molar-refractivity contribution >= 4 is 23.2 Å². The molecule has 0 saturated heterocycles. The van der Waals surface area contributed by atoms with Gasteiger partial charge in [-0.25, -0.2) is 0 Å². The van der Waals surface area contributed by atoms with Crippen molar-refractivity contribution in [3.63, 3.8) is 0 Å². The lowest BCUT2D eigenvalue weighted by Gasteiger charge is -2.35. The molecule has 1 nitrogen and oxygen atoms in total. The van der Waals surface area contributed by atoms with Gasteiger partial charge in [0, 0.05) is 30.9 Å². The largest absolute Gasteiger partial charge is 0.294 e. The van der Waals surface area contributed by atoms with Gasteiger partial charge in [-0.05, 0) is 30.4 Å². The van der Waals surface area contributed by atoms with E-state index in [0.717, 1.165) is 13.1 Å². The Kier molecular flexibility index (Phi) is 5.15. The topological polar surface area (TPSA) is 3.24 Å². The van der Waals surface area contributed by atoms with Crippen LogP contribution in [0, 0.1) is 0 Å². The van der Waals surface area contributed by atoms with Gasteiger partial charge in [0.05, 0.1) is 0 Å². The third-order valence-corrected chi connectivity index (χ3v) is 3.86. The van der Waals surface area contributed by atoms with E-state index in [-0.39, 0.29) is 0 Å². The maximum Gasteiger partial charge on any atom is 0.0351 e. The van der Waals surface area contributed by atoms with Crippen molar-refractivity contribution in [3.05, 3.63) is 35.4 Å². The van der Waals surface area contributed by atoms with Crippen molar-refractivity contribution < 1.29 is 0 Å². The molecule has 2 rings (SSSR count). The van der Waals surface area contributed by atoms with Gasteiger partial charge in [0.2, 0.25) is 0 Å². The Bertz CT molecular complexity index is 348. The molecule has 17 heavy (non-hydrogen) atoms. The molecule has 0 aromatic heterocycles. The monoisotopic (exact) mass is 271 g/mol. The van der Waals surface area contributed by atoms with Crippen LogP contribution in [0.1, 0.15) is 30.0 Å². The van der Waals surface area contributed by atoms with Gasteiger partial charge in [-0.15, -0.1) is 23.2 Å². The summed E-state index contributed by atoms with van der Waals surface area (Å²) in [4.78, 5) is 2.43. The van der Waals surface area contributed by atoms with Gasteiger partial charge in [0.1, 0.15) is 0 Å². The van der Waals surface area contributed by atoms with Crippen molar-refractivity contribution in [1.29, 1.82) is 0 Å². The molecule has 0 unspecified atom stereocenters. The predicted octanol–water partition coefficient (Wildman–Crippen LogP) is 3.84. The lowest BCUT2D eigenvalue weighted by molar-refractivity contribution is 0.200. The molecule has 3 heteroatoms. The molecule has 0 radical (unpaired) electrons. The van der Waals surface area contributed by atoms with Gasteiger partial charge in [0.15, 0.2) is 0 Å². The minimum atomic E-state index is 0.512. The molecule has 0 amide bonds. The van der Waals surface area contributed by atoms with Crippen LogP contribution in [0.3, 0.4) is 0 Å². The first-order chi connectivity index (χ1) is 8.36.